The third-order valence-electron chi connectivity index (χ3n) is 2.87. The number of nitrogens with two attached hydrogens (primary N) is 1. The van der Waals surface area contributed by atoms with E-state index in [0.29, 0.717) is 22.3 Å². The molecule has 0 bridgehead atoms. The summed E-state index contributed by atoms with van der Waals surface area (Å²) in [6.45, 7) is 6.03. The first-order valence-corrected chi connectivity index (χ1v) is 6.98. The minimum atomic E-state index is -0.159. The number of benzene rings is 1. The second-order valence-electron chi connectivity index (χ2n) is 4.76. The normalized spacial score (nSPS) is 10.7. The first-order valence-electron chi connectivity index (χ1n) is 6.10. The van der Waals surface area contributed by atoms with Crippen LogP contribution >= 0.6 is 11.3 Å². The van der Waals surface area contributed by atoms with Crippen LogP contribution in [0.25, 0.3) is 0 Å². The van der Waals surface area contributed by atoms with Crippen molar-refractivity contribution in [2.45, 2.75) is 26.7 Å². The summed E-state index contributed by atoms with van der Waals surface area (Å²) >= 11 is 1.44. The lowest BCUT2D eigenvalue weighted by Gasteiger charge is -2.05. The van der Waals surface area contributed by atoms with Gasteiger partial charge in [0.05, 0.1) is 5.69 Å². The Morgan fingerprint density at radius 3 is 2.74 bits per heavy atom. The van der Waals surface area contributed by atoms with Gasteiger partial charge in [-0.15, -0.1) is 11.3 Å². The van der Waals surface area contributed by atoms with E-state index in [-0.39, 0.29) is 5.91 Å². The van der Waals surface area contributed by atoms with Crippen LogP contribution in [0.4, 0.5) is 10.8 Å². The number of rotatable bonds is 3. The average molecular weight is 275 g/mol. The zero-order valence-corrected chi connectivity index (χ0v) is 12.0. The molecule has 0 fully saturated rings. The number of carbonyl (C=O) groups is 1. The first kappa shape index (κ1) is 13.5. The summed E-state index contributed by atoms with van der Waals surface area (Å²) in [4.78, 5) is 16.4. The van der Waals surface area contributed by atoms with Gasteiger partial charge in [-0.25, -0.2) is 4.98 Å². The maximum absolute atomic E-state index is 12.1. The number of aryl methyl sites for hydroxylation is 1. The van der Waals surface area contributed by atoms with Gasteiger partial charge in [-0.3, -0.25) is 10.1 Å². The number of amides is 1. The van der Waals surface area contributed by atoms with Crippen LogP contribution in [0.3, 0.4) is 0 Å². The maximum atomic E-state index is 12.1. The van der Waals surface area contributed by atoms with Gasteiger partial charge in [0.2, 0.25) is 0 Å². The van der Waals surface area contributed by atoms with E-state index >= 15 is 0 Å². The Bertz CT molecular complexity index is 604. The molecule has 0 saturated heterocycles. The summed E-state index contributed by atoms with van der Waals surface area (Å²) in [5.41, 5.74) is 8.91. The molecule has 0 saturated carbocycles. The second-order valence-corrected chi connectivity index (χ2v) is 5.62. The number of nitrogens with one attached hydrogen (secondary N) is 1. The van der Waals surface area contributed by atoms with Crippen LogP contribution in [-0.4, -0.2) is 10.9 Å². The minimum Gasteiger partial charge on any atom is -0.399 e. The molecule has 0 aliphatic heterocycles. The minimum absolute atomic E-state index is 0.159. The predicted octanol–water partition coefficient (Wildman–Crippen LogP) is 3.41. The number of nitrogen functional groups attached to an aromatic ring is 1. The number of carbonyl (C=O) groups excluding carboxylic acids is 1. The molecule has 19 heavy (non-hydrogen) atoms. The van der Waals surface area contributed by atoms with E-state index in [0.717, 1.165) is 11.3 Å². The van der Waals surface area contributed by atoms with E-state index in [2.05, 4.69) is 24.1 Å². The highest BCUT2D eigenvalue weighted by Crippen LogP contribution is 2.22. The van der Waals surface area contributed by atoms with E-state index in [9.17, 15) is 4.79 Å². The highest BCUT2D eigenvalue weighted by atomic mass is 32.1. The zero-order valence-electron chi connectivity index (χ0n) is 11.2. The van der Waals surface area contributed by atoms with Gasteiger partial charge in [-0.05, 0) is 36.6 Å². The van der Waals surface area contributed by atoms with Gasteiger partial charge in [-0.2, -0.15) is 0 Å². The van der Waals surface area contributed by atoms with Crippen LogP contribution in [0, 0.1) is 6.92 Å². The van der Waals surface area contributed by atoms with Gasteiger partial charge >= 0.3 is 0 Å². The first-order chi connectivity index (χ1) is 8.97. The Hall–Kier alpha value is -1.88. The topological polar surface area (TPSA) is 68.0 Å². The summed E-state index contributed by atoms with van der Waals surface area (Å²) in [6, 6.07) is 5.24. The molecule has 1 aromatic carbocycles. The third kappa shape index (κ3) is 3.12. The van der Waals surface area contributed by atoms with Crippen molar-refractivity contribution < 1.29 is 4.79 Å². The molecule has 100 valence electrons. The highest BCUT2D eigenvalue weighted by molar-refractivity contribution is 7.14. The number of aromatic nitrogens is 1. The van der Waals surface area contributed by atoms with Crippen LogP contribution in [0.2, 0.25) is 0 Å². The maximum Gasteiger partial charge on any atom is 0.257 e. The van der Waals surface area contributed by atoms with Gasteiger partial charge in [-0.1, -0.05) is 13.8 Å². The fourth-order valence-corrected chi connectivity index (χ4v) is 2.46. The van der Waals surface area contributed by atoms with Crippen molar-refractivity contribution in [2.75, 3.05) is 11.1 Å². The molecule has 0 aliphatic carbocycles. The molecule has 4 nitrogen and oxygen atoms in total. The van der Waals surface area contributed by atoms with Crippen molar-refractivity contribution >= 4 is 28.1 Å². The Labute approximate surface area is 116 Å². The lowest BCUT2D eigenvalue weighted by molar-refractivity contribution is 0.102. The quantitative estimate of drug-likeness (QED) is 0.843. The van der Waals surface area contributed by atoms with Crippen molar-refractivity contribution in [2.24, 2.45) is 0 Å². The van der Waals surface area contributed by atoms with E-state index in [4.69, 9.17) is 5.73 Å². The molecule has 0 unspecified atom stereocenters. The van der Waals surface area contributed by atoms with E-state index in [1.54, 1.807) is 18.2 Å². The van der Waals surface area contributed by atoms with Crippen LogP contribution in [0.1, 0.15) is 41.4 Å². The van der Waals surface area contributed by atoms with Gasteiger partial charge in [0.15, 0.2) is 5.13 Å². The molecule has 1 aromatic heterocycles. The number of hydrogen-bond acceptors (Lipinski definition) is 4. The summed E-state index contributed by atoms with van der Waals surface area (Å²) in [7, 11) is 0. The van der Waals surface area contributed by atoms with Crippen molar-refractivity contribution in [1.82, 2.24) is 4.98 Å². The molecule has 1 amide bonds. The molecular weight excluding hydrogens is 258 g/mol. The van der Waals surface area contributed by atoms with Crippen LogP contribution < -0.4 is 11.1 Å². The van der Waals surface area contributed by atoms with Crippen molar-refractivity contribution in [3.05, 3.63) is 40.4 Å². The van der Waals surface area contributed by atoms with Crippen molar-refractivity contribution in [3.8, 4) is 0 Å². The van der Waals surface area contributed by atoms with Crippen LogP contribution in [-0.2, 0) is 0 Å². The van der Waals surface area contributed by atoms with Gasteiger partial charge in [0, 0.05) is 16.6 Å². The summed E-state index contributed by atoms with van der Waals surface area (Å²) in [5, 5.41) is 5.40. The average Bonchev–Trinajstić information content (AvgIpc) is 2.81. The monoisotopic (exact) mass is 275 g/mol. The Kier molecular flexibility index (Phi) is 3.85. The molecular formula is C14H17N3OS. The number of hydrogen-bond donors (Lipinski definition) is 2. The smallest absolute Gasteiger partial charge is 0.257 e. The van der Waals surface area contributed by atoms with E-state index in [1.165, 1.54) is 11.3 Å². The summed E-state index contributed by atoms with van der Waals surface area (Å²) < 4.78 is 0. The Morgan fingerprint density at radius 2 is 2.16 bits per heavy atom. The Morgan fingerprint density at radius 1 is 1.42 bits per heavy atom. The number of anilines is 2. The Balaban J connectivity index is 2.13. The van der Waals surface area contributed by atoms with E-state index < -0.39 is 0 Å². The van der Waals surface area contributed by atoms with Crippen LogP contribution in [0.5, 0.6) is 0 Å². The van der Waals surface area contributed by atoms with Crippen molar-refractivity contribution in [1.29, 1.82) is 0 Å². The molecule has 2 rings (SSSR count). The van der Waals surface area contributed by atoms with Gasteiger partial charge in [0.25, 0.3) is 5.91 Å². The second kappa shape index (κ2) is 5.40. The number of thiazole rings is 1. The van der Waals surface area contributed by atoms with E-state index in [1.807, 2.05) is 12.3 Å². The van der Waals surface area contributed by atoms with Crippen LogP contribution in [0.15, 0.2) is 23.6 Å². The van der Waals surface area contributed by atoms with Gasteiger partial charge < -0.3 is 5.73 Å². The fraction of sp³-hybridized carbons (Fsp3) is 0.286. The zero-order chi connectivity index (χ0) is 14.0. The molecule has 0 spiro atoms. The lowest BCUT2D eigenvalue weighted by atomic mass is 10.1. The van der Waals surface area contributed by atoms with Gasteiger partial charge in [0.1, 0.15) is 0 Å². The molecule has 0 atom stereocenters. The predicted molar refractivity (Wildman–Crippen MR) is 79.7 cm³/mol. The lowest BCUT2D eigenvalue weighted by Crippen LogP contribution is -2.12. The molecule has 0 aliphatic rings. The highest BCUT2D eigenvalue weighted by Gasteiger charge is 2.11. The molecule has 5 heteroatoms. The summed E-state index contributed by atoms with van der Waals surface area (Å²) in [5.74, 6) is 0.202. The fourth-order valence-electron chi connectivity index (χ4n) is 1.59. The number of nitrogens with zero attached hydrogens (tertiary/aromatic N) is 1. The van der Waals surface area contributed by atoms with Crippen molar-refractivity contribution in [3.63, 3.8) is 0 Å². The molecule has 3 N–H and O–H groups in total. The largest absolute Gasteiger partial charge is 0.399 e. The molecule has 1 heterocycles. The SMILES string of the molecule is Cc1cc(C(=O)Nc2nc(C(C)C)cs2)ccc1N. The molecule has 2 aromatic rings. The molecule has 0 radical (unpaired) electrons. The third-order valence-corrected chi connectivity index (χ3v) is 3.64. The standard InChI is InChI=1S/C14H17N3OS/c1-8(2)12-7-19-14(16-12)17-13(18)10-4-5-11(15)9(3)6-10/h4-8H,15H2,1-3H3,(H,16,17,18). The summed E-state index contributed by atoms with van der Waals surface area (Å²) in [6.07, 6.45) is 0.